The van der Waals surface area contributed by atoms with E-state index in [1.54, 1.807) is 12.1 Å². The maximum Gasteiger partial charge on any atom is 0.0566 e. The lowest BCUT2D eigenvalue weighted by Crippen LogP contribution is -2.12. The van der Waals surface area contributed by atoms with E-state index in [0.717, 1.165) is 11.1 Å². The molecule has 0 spiro atoms. The minimum absolute atomic E-state index is 0.222. The molecule has 2 rings (SSSR count). The van der Waals surface area contributed by atoms with Gasteiger partial charge in [-0.3, -0.25) is 0 Å². The molecular weight excluding hydrogens is 253 g/mol. The average Bonchev–Trinajstić information content (AvgIpc) is 2.29. The first kappa shape index (κ1) is 12.4. The third kappa shape index (κ3) is 2.81. The predicted octanol–water partition coefficient (Wildman–Crippen LogP) is 4.35. The molecule has 0 saturated heterocycles. The van der Waals surface area contributed by atoms with Crippen LogP contribution in [0, 0.1) is 6.92 Å². The van der Waals surface area contributed by atoms with Gasteiger partial charge in [0.25, 0.3) is 0 Å². The van der Waals surface area contributed by atoms with E-state index in [9.17, 15) is 0 Å². The Kier molecular flexibility index (Phi) is 3.72. The van der Waals surface area contributed by atoms with Crippen LogP contribution in [0.4, 0.5) is 0 Å². The number of rotatable bonds is 2. The molecule has 1 atom stereocenters. The van der Waals surface area contributed by atoms with Gasteiger partial charge in [0, 0.05) is 10.0 Å². The van der Waals surface area contributed by atoms with Crippen LogP contribution >= 0.6 is 23.2 Å². The number of hydrogen-bond acceptors (Lipinski definition) is 1. The molecule has 0 aliphatic heterocycles. The summed E-state index contributed by atoms with van der Waals surface area (Å²) in [5.41, 5.74) is 9.33. The van der Waals surface area contributed by atoms with Gasteiger partial charge in [-0.25, -0.2) is 0 Å². The summed E-state index contributed by atoms with van der Waals surface area (Å²) in [5, 5.41) is 1.22. The van der Waals surface area contributed by atoms with E-state index < -0.39 is 0 Å². The molecule has 3 heteroatoms. The Morgan fingerprint density at radius 2 is 1.65 bits per heavy atom. The minimum atomic E-state index is -0.222. The largest absolute Gasteiger partial charge is 0.320 e. The summed E-state index contributed by atoms with van der Waals surface area (Å²) in [7, 11) is 0. The molecule has 88 valence electrons. The highest BCUT2D eigenvalue weighted by molar-refractivity contribution is 6.35. The van der Waals surface area contributed by atoms with Gasteiger partial charge in [0.05, 0.1) is 6.04 Å². The minimum Gasteiger partial charge on any atom is -0.320 e. The van der Waals surface area contributed by atoms with Crippen molar-refractivity contribution < 1.29 is 0 Å². The van der Waals surface area contributed by atoms with Gasteiger partial charge < -0.3 is 5.73 Å². The molecule has 0 saturated carbocycles. The van der Waals surface area contributed by atoms with Crippen LogP contribution in [0.15, 0.2) is 42.5 Å². The molecule has 2 N–H and O–H groups in total. The van der Waals surface area contributed by atoms with Crippen molar-refractivity contribution in [2.45, 2.75) is 13.0 Å². The second-order valence-corrected chi connectivity index (χ2v) is 4.90. The molecule has 0 amide bonds. The maximum atomic E-state index is 6.19. The smallest absolute Gasteiger partial charge is 0.0566 e. The summed E-state index contributed by atoms with van der Waals surface area (Å²) in [6.07, 6.45) is 0. The third-order valence-corrected chi connectivity index (χ3v) is 3.30. The van der Waals surface area contributed by atoms with E-state index in [-0.39, 0.29) is 6.04 Å². The van der Waals surface area contributed by atoms with Gasteiger partial charge in [-0.1, -0.05) is 59.1 Å². The summed E-state index contributed by atoms with van der Waals surface area (Å²) < 4.78 is 0. The summed E-state index contributed by atoms with van der Waals surface area (Å²) in [6, 6.07) is 13.3. The van der Waals surface area contributed by atoms with E-state index in [1.807, 2.05) is 37.3 Å². The van der Waals surface area contributed by atoms with Crippen molar-refractivity contribution in [3.63, 3.8) is 0 Å². The van der Waals surface area contributed by atoms with E-state index in [0.29, 0.717) is 10.0 Å². The van der Waals surface area contributed by atoms with Crippen LogP contribution in [-0.2, 0) is 0 Å². The summed E-state index contributed by atoms with van der Waals surface area (Å²) >= 11 is 12.0. The summed E-state index contributed by atoms with van der Waals surface area (Å²) in [4.78, 5) is 0. The van der Waals surface area contributed by atoms with Crippen molar-refractivity contribution in [1.29, 1.82) is 0 Å². The monoisotopic (exact) mass is 265 g/mol. The lowest BCUT2D eigenvalue weighted by molar-refractivity contribution is 0.871. The maximum absolute atomic E-state index is 6.19. The highest BCUT2D eigenvalue weighted by Gasteiger charge is 2.12. The molecule has 0 radical (unpaired) electrons. The number of nitrogens with two attached hydrogens (primary N) is 1. The van der Waals surface area contributed by atoms with Crippen LogP contribution in [0.25, 0.3) is 0 Å². The molecule has 17 heavy (non-hydrogen) atoms. The fourth-order valence-electron chi connectivity index (χ4n) is 1.71. The lowest BCUT2D eigenvalue weighted by atomic mass is 9.99. The number of halogens is 2. The molecule has 2 aromatic carbocycles. The standard InChI is InChI=1S/C14H13Cl2N/c1-9-2-4-10(5-3-9)14(17)12-7-6-11(15)8-13(12)16/h2-8,14H,17H2,1H3/t14-/m0/s1. The van der Waals surface area contributed by atoms with Crippen molar-refractivity contribution in [3.8, 4) is 0 Å². The number of aryl methyl sites for hydroxylation is 1. The van der Waals surface area contributed by atoms with Crippen LogP contribution < -0.4 is 5.73 Å². The molecule has 0 aromatic heterocycles. The highest BCUT2D eigenvalue weighted by Crippen LogP contribution is 2.28. The Balaban J connectivity index is 2.36. The fraction of sp³-hybridized carbons (Fsp3) is 0.143. The quantitative estimate of drug-likeness (QED) is 0.859. The van der Waals surface area contributed by atoms with Gasteiger partial charge in [-0.2, -0.15) is 0 Å². The number of benzene rings is 2. The van der Waals surface area contributed by atoms with Crippen molar-refractivity contribution in [1.82, 2.24) is 0 Å². The van der Waals surface area contributed by atoms with E-state index >= 15 is 0 Å². The molecule has 0 bridgehead atoms. The van der Waals surface area contributed by atoms with Crippen molar-refractivity contribution in [3.05, 3.63) is 69.2 Å². The fourth-order valence-corrected chi connectivity index (χ4v) is 2.23. The molecular formula is C14H13Cl2N. The Morgan fingerprint density at radius 3 is 2.24 bits per heavy atom. The Bertz CT molecular complexity index is 520. The molecule has 0 aliphatic carbocycles. The summed E-state index contributed by atoms with van der Waals surface area (Å²) in [5.74, 6) is 0. The zero-order valence-corrected chi connectivity index (χ0v) is 11.0. The topological polar surface area (TPSA) is 26.0 Å². The Labute approximate surface area is 111 Å². The first-order valence-electron chi connectivity index (χ1n) is 5.35. The average molecular weight is 266 g/mol. The van der Waals surface area contributed by atoms with Crippen LogP contribution in [0.2, 0.25) is 10.0 Å². The lowest BCUT2D eigenvalue weighted by Gasteiger charge is -2.14. The van der Waals surface area contributed by atoms with Crippen molar-refractivity contribution in [2.75, 3.05) is 0 Å². The first-order valence-corrected chi connectivity index (χ1v) is 6.10. The van der Waals surface area contributed by atoms with E-state index in [1.165, 1.54) is 5.56 Å². The summed E-state index contributed by atoms with van der Waals surface area (Å²) in [6.45, 7) is 2.05. The van der Waals surface area contributed by atoms with Gasteiger partial charge in [0.1, 0.15) is 0 Å². The van der Waals surface area contributed by atoms with Gasteiger partial charge in [0.15, 0.2) is 0 Å². The molecule has 1 nitrogen and oxygen atoms in total. The zero-order valence-electron chi connectivity index (χ0n) is 9.45. The van der Waals surface area contributed by atoms with Crippen LogP contribution in [-0.4, -0.2) is 0 Å². The normalized spacial score (nSPS) is 12.5. The molecule has 0 unspecified atom stereocenters. The first-order chi connectivity index (χ1) is 8.08. The van der Waals surface area contributed by atoms with Crippen molar-refractivity contribution >= 4 is 23.2 Å². The van der Waals surface area contributed by atoms with Gasteiger partial charge in [-0.15, -0.1) is 0 Å². The second-order valence-electron chi connectivity index (χ2n) is 4.05. The van der Waals surface area contributed by atoms with Crippen LogP contribution in [0.5, 0.6) is 0 Å². The van der Waals surface area contributed by atoms with Crippen molar-refractivity contribution in [2.24, 2.45) is 5.73 Å². The van der Waals surface area contributed by atoms with Gasteiger partial charge in [-0.05, 0) is 30.2 Å². The Hall–Kier alpha value is -1.02. The predicted molar refractivity (Wildman–Crippen MR) is 73.7 cm³/mol. The number of hydrogen-bond donors (Lipinski definition) is 1. The molecule has 2 aromatic rings. The molecule has 0 fully saturated rings. The second kappa shape index (κ2) is 5.09. The SMILES string of the molecule is Cc1ccc([C@H](N)c2ccc(Cl)cc2Cl)cc1. The zero-order chi connectivity index (χ0) is 12.4. The Morgan fingerprint density at radius 1 is 1.00 bits per heavy atom. The van der Waals surface area contributed by atoms with Crippen LogP contribution in [0.3, 0.4) is 0 Å². The van der Waals surface area contributed by atoms with E-state index in [4.69, 9.17) is 28.9 Å². The van der Waals surface area contributed by atoms with Gasteiger partial charge in [0.2, 0.25) is 0 Å². The van der Waals surface area contributed by atoms with Crippen LogP contribution in [0.1, 0.15) is 22.7 Å². The molecule has 0 aliphatic rings. The van der Waals surface area contributed by atoms with E-state index in [2.05, 4.69) is 0 Å². The highest BCUT2D eigenvalue weighted by atomic mass is 35.5. The third-order valence-electron chi connectivity index (χ3n) is 2.73. The molecule has 0 heterocycles. The van der Waals surface area contributed by atoms with Gasteiger partial charge >= 0.3 is 0 Å².